The summed E-state index contributed by atoms with van der Waals surface area (Å²) in [4.78, 5) is 25.3. The van der Waals surface area contributed by atoms with E-state index in [0.29, 0.717) is 5.69 Å². The minimum Gasteiger partial charge on any atom is -0.452 e. The molecule has 0 spiro atoms. The zero-order valence-corrected chi connectivity index (χ0v) is 15.9. The number of rotatable bonds is 6. The number of hydrogen-bond donors (Lipinski definition) is 1. The molecule has 2 rings (SSSR count). The summed E-state index contributed by atoms with van der Waals surface area (Å²) in [5, 5.41) is 7.03. The SMILES string of the molecule is Cc1ccccc1SCC(=O)O[C@@H](C)C(=O)Nc1c(C)nn(C)c1C. The molecular formula is C18H23N3O3S. The molecule has 7 heteroatoms. The van der Waals surface area contributed by atoms with E-state index in [1.165, 1.54) is 11.8 Å². The van der Waals surface area contributed by atoms with Crippen LogP contribution in [0.4, 0.5) is 5.69 Å². The van der Waals surface area contributed by atoms with Crippen LogP contribution in [0.2, 0.25) is 0 Å². The number of esters is 1. The second-order valence-electron chi connectivity index (χ2n) is 5.84. The first-order valence-electron chi connectivity index (χ1n) is 7.98. The highest BCUT2D eigenvalue weighted by molar-refractivity contribution is 8.00. The van der Waals surface area contributed by atoms with Gasteiger partial charge in [-0.2, -0.15) is 5.10 Å². The van der Waals surface area contributed by atoms with E-state index in [1.807, 2.05) is 52.1 Å². The first kappa shape index (κ1) is 19.1. The predicted molar refractivity (Wildman–Crippen MR) is 98.8 cm³/mol. The van der Waals surface area contributed by atoms with Crippen LogP contribution in [0.25, 0.3) is 0 Å². The van der Waals surface area contributed by atoms with Crippen molar-refractivity contribution in [1.82, 2.24) is 9.78 Å². The summed E-state index contributed by atoms with van der Waals surface area (Å²) in [5.41, 5.74) is 3.33. The predicted octanol–water partition coefficient (Wildman–Crippen LogP) is 3.01. The number of hydrogen-bond acceptors (Lipinski definition) is 5. The minimum atomic E-state index is -0.871. The van der Waals surface area contributed by atoms with Gasteiger partial charge in [0.1, 0.15) is 0 Å². The molecule has 1 N–H and O–H groups in total. The monoisotopic (exact) mass is 361 g/mol. The van der Waals surface area contributed by atoms with Crippen LogP contribution in [-0.2, 0) is 21.4 Å². The first-order chi connectivity index (χ1) is 11.8. The Labute approximate surface area is 151 Å². The molecule has 0 saturated carbocycles. The fourth-order valence-electron chi connectivity index (χ4n) is 2.32. The second-order valence-corrected chi connectivity index (χ2v) is 6.86. The molecule has 6 nitrogen and oxygen atoms in total. The molecule has 134 valence electrons. The maximum Gasteiger partial charge on any atom is 0.317 e. The summed E-state index contributed by atoms with van der Waals surface area (Å²) < 4.78 is 6.93. The van der Waals surface area contributed by atoms with Gasteiger partial charge in [0.05, 0.1) is 22.8 Å². The molecule has 0 unspecified atom stereocenters. The van der Waals surface area contributed by atoms with E-state index in [1.54, 1.807) is 11.6 Å². The molecule has 0 aliphatic rings. The lowest BCUT2D eigenvalue weighted by Crippen LogP contribution is -2.30. The molecule has 25 heavy (non-hydrogen) atoms. The van der Waals surface area contributed by atoms with E-state index < -0.39 is 12.1 Å². The largest absolute Gasteiger partial charge is 0.452 e. The van der Waals surface area contributed by atoms with Gasteiger partial charge in [0, 0.05) is 11.9 Å². The van der Waals surface area contributed by atoms with Gasteiger partial charge in [-0.05, 0) is 39.3 Å². The van der Waals surface area contributed by atoms with Crippen LogP contribution in [0.5, 0.6) is 0 Å². The Hall–Kier alpha value is -2.28. The summed E-state index contributed by atoms with van der Waals surface area (Å²) in [6.45, 7) is 7.23. The van der Waals surface area contributed by atoms with Crippen molar-refractivity contribution in [2.75, 3.05) is 11.1 Å². The van der Waals surface area contributed by atoms with E-state index in [0.717, 1.165) is 21.8 Å². The molecule has 0 aliphatic carbocycles. The van der Waals surface area contributed by atoms with Gasteiger partial charge in [-0.25, -0.2) is 0 Å². The Kier molecular flexibility index (Phi) is 6.25. The molecule has 0 radical (unpaired) electrons. The molecule has 0 bridgehead atoms. The van der Waals surface area contributed by atoms with Gasteiger partial charge < -0.3 is 10.1 Å². The molecule has 0 fully saturated rings. The van der Waals surface area contributed by atoms with Crippen LogP contribution in [0.1, 0.15) is 23.9 Å². The van der Waals surface area contributed by atoms with Gasteiger partial charge in [0.2, 0.25) is 0 Å². The minimum absolute atomic E-state index is 0.160. The van der Waals surface area contributed by atoms with Crippen LogP contribution < -0.4 is 5.32 Å². The molecule has 0 aliphatic heterocycles. The van der Waals surface area contributed by atoms with E-state index in [-0.39, 0.29) is 11.7 Å². The summed E-state index contributed by atoms with van der Waals surface area (Å²) in [6, 6.07) is 7.82. The molecular weight excluding hydrogens is 338 g/mol. The Morgan fingerprint density at radius 2 is 1.96 bits per heavy atom. The van der Waals surface area contributed by atoms with Crippen LogP contribution in [0, 0.1) is 20.8 Å². The molecule has 1 heterocycles. The highest BCUT2D eigenvalue weighted by Crippen LogP contribution is 2.22. The molecule has 1 aromatic heterocycles. The number of anilines is 1. The fourth-order valence-corrected chi connectivity index (χ4v) is 3.13. The highest BCUT2D eigenvalue weighted by atomic mass is 32.2. The second kappa shape index (κ2) is 8.20. The maximum atomic E-state index is 12.3. The third-order valence-corrected chi connectivity index (χ3v) is 5.02. The topological polar surface area (TPSA) is 73.2 Å². The van der Waals surface area contributed by atoms with Gasteiger partial charge in [-0.15, -0.1) is 11.8 Å². The third-order valence-electron chi connectivity index (χ3n) is 3.87. The summed E-state index contributed by atoms with van der Waals surface area (Å²) in [6.07, 6.45) is -0.871. The number of carbonyl (C=O) groups is 2. The van der Waals surface area contributed by atoms with Crippen molar-refractivity contribution >= 4 is 29.3 Å². The Balaban J connectivity index is 1.88. The normalized spacial score (nSPS) is 11.9. The molecule has 1 atom stereocenters. The van der Waals surface area contributed by atoms with Crippen molar-refractivity contribution in [3.8, 4) is 0 Å². The van der Waals surface area contributed by atoms with Gasteiger partial charge in [0.15, 0.2) is 6.10 Å². The van der Waals surface area contributed by atoms with Crippen molar-refractivity contribution in [2.24, 2.45) is 7.05 Å². The standard InChI is InChI=1S/C18H23N3O3S/c1-11-8-6-7-9-15(11)25-10-16(22)24-14(4)18(23)19-17-12(2)20-21(5)13(17)3/h6-9,14H,10H2,1-5H3,(H,19,23)/t14-/m0/s1. The number of aromatic nitrogens is 2. The fraction of sp³-hybridized carbons (Fsp3) is 0.389. The lowest BCUT2D eigenvalue weighted by atomic mass is 10.2. The Bertz CT molecular complexity index is 786. The quantitative estimate of drug-likeness (QED) is 0.632. The van der Waals surface area contributed by atoms with Crippen molar-refractivity contribution in [3.63, 3.8) is 0 Å². The maximum absolute atomic E-state index is 12.3. The lowest BCUT2D eigenvalue weighted by Gasteiger charge is -2.14. The van der Waals surface area contributed by atoms with Crippen LogP contribution in [0.3, 0.4) is 0 Å². The lowest BCUT2D eigenvalue weighted by molar-refractivity contribution is -0.150. The Morgan fingerprint density at radius 1 is 1.28 bits per heavy atom. The molecule has 0 saturated heterocycles. The summed E-state index contributed by atoms with van der Waals surface area (Å²) >= 11 is 1.40. The van der Waals surface area contributed by atoms with Crippen LogP contribution >= 0.6 is 11.8 Å². The number of benzene rings is 1. The van der Waals surface area contributed by atoms with Gasteiger partial charge in [0.25, 0.3) is 5.91 Å². The summed E-state index contributed by atoms with van der Waals surface area (Å²) in [5.74, 6) is -0.628. The molecule has 1 amide bonds. The number of ether oxygens (including phenoxy) is 1. The number of nitrogens with zero attached hydrogens (tertiary/aromatic N) is 2. The molecule has 2 aromatic rings. The van der Waals surface area contributed by atoms with Crippen LogP contribution in [-0.4, -0.2) is 33.5 Å². The smallest absolute Gasteiger partial charge is 0.317 e. The number of aryl methyl sites for hydroxylation is 3. The first-order valence-corrected chi connectivity index (χ1v) is 8.97. The van der Waals surface area contributed by atoms with E-state index in [2.05, 4.69) is 10.4 Å². The van der Waals surface area contributed by atoms with E-state index in [9.17, 15) is 9.59 Å². The average Bonchev–Trinajstić information content (AvgIpc) is 2.80. The number of nitrogens with one attached hydrogen (secondary N) is 1. The van der Waals surface area contributed by atoms with Crippen molar-refractivity contribution < 1.29 is 14.3 Å². The van der Waals surface area contributed by atoms with Crippen molar-refractivity contribution in [1.29, 1.82) is 0 Å². The van der Waals surface area contributed by atoms with Gasteiger partial charge in [-0.3, -0.25) is 14.3 Å². The van der Waals surface area contributed by atoms with Gasteiger partial charge >= 0.3 is 5.97 Å². The number of carbonyl (C=O) groups excluding carboxylic acids is 2. The zero-order chi connectivity index (χ0) is 18.6. The van der Waals surface area contributed by atoms with Crippen molar-refractivity contribution in [3.05, 3.63) is 41.2 Å². The van der Waals surface area contributed by atoms with Crippen LogP contribution in [0.15, 0.2) is 29.2 Å². The molecule has 1 aromatic carbocycles. The van der Waals surface area contributed by atoms with Gasteiger partial charge in [-0.1, -0.05) is 18.2 Å². The Morgan fingerprint density at radius 3 is 2.56 bits per heavy atom. The van der Waals surface area contributed by atoms with E-state index >= 15 is 0 Å². The third kappa shape index (κ3) is 4.85. The zero-order valence-electron chi connectivity index (χ0n) is 15.1. The number of amides is 1. The van der Waals surface area contributed by atoms with E-state index in [4.69, 9.17) is 4.74 Å². The highest BCUT2D eigenvalue weighted by Gasteiger charge is 2.21. The van der Waals surface area contributed by atoms with Crippen molar-refractivity contribution in [2.45, 2.75) is 38.7 Å². The number of thioether (sulfide) groups is 1. The summed E-state index contributed by atoms with van der Waals surface area (Å²) in [7, 11) is 1.81. The average molecular weight is 361 g/mol.